The first kappa shape index (κ1) is 20.0. The number of aryl methyl sites for hydroxylation is 2. The molecule has 1 heterocycles. The molecule has 7 nitrogen and oxygen atoms in total. The molecule has 0 unspecified atom stereocenters. The van der Waals surface area contributed by atoms with Gasteiger partial charge in [0.25, 0.3) is 5.91 Å². The summed E-state index contributed by atoms with van der Waals surface area (Å²) in [6, 6.07) is 4.64. The van der Waals surface area contributed by atoms with Crippen LogP contribution in [-0.2, 0) is 23.9 Å². The van der Waals surface area contributed by atoms with Gasteiger partial charge in [0, 0.05) is 5.69 Å². The van der Waals surface area contributed by atoms with E-state index in [0.717, 1.165) is 28.9 Å². The Morgan fingerprint density at radius 2 is 1.75 bits per heavy atom. The molecule has 0 bridgehead atoms. The van der Waals surface area contributed by atoms with Crippen LogP contribution in [0.15, 0.2) is 18.2 Å². The van der Waals surface area contributed by atoms with Crippen molar-refractivity contribution in [3.05, 3.63) is 29.3 Å². The topological polar surface area (TPSA) is 92.8 Å². The average Bonchev–Trinajstić information content (AvgIpc) is 2.93. The second-order valence-electron chi connectivity index (χ2n) is 7.69. The molecule has 0 aromatic heterocycles. The number of nitrogens with zero attached hydrogens (tertiary/aromatic N) is 1. The summed E-state index contributed by atoms with van der Waals surface area (Å²) in [5, 5.41) is 2.71. The van der Waals surface area contributed by atoms with Crippen molar-refractivity contribution in [3.8, 4) is 0 Å². The first-order valence-corrected chi connectivity index (χ1v) is 9.70. The number of ether oxygens (including phenoxy) is 1. The van der Waals surface area contributed by atoms with Crippen molar-refractivity contribution >= 4 is 29.4 Å². The van der Waals surface area contributed by atoms with E-state index in [-0.39, 0.29) is 23.7 Å². The maximum Gasteiger partial charge on any atom is 0.329 e. The van der Waals surface area contributed by atoms with E-state index < -0.39 is 24.5 Å². The number of hydrogen-bond acceptors (Lipinski definition) is 5. The number of esters is 1. The third-order valence-corrected chi connectivity index (χ3v) is 5.62. The third kappa shape index (κ3) is 3.93. The van der Waals surface area contributed by atoms with E-state index in [2.05, 4.69) is 5.32 Å². The predicted octanol–water partition coefficient (Wildman–Crippen LogP) is 2.35. The van der Waals surface area contributed by atoms with Gasteiger partial charge in [-0.1, -0.05) is 25.0 Å². The smallest absolute Gasteiger partial charge is 0.329 e. The summed E-state index contributed by atoms with van der Waals surface area (Å²) < 4.78 is 5.07. The number of amides is 3. The molecule has 2 fully saturated rings. The molecule has 1 saturated heterocycles. The number of anilines is 1. The number of nitrogens with one attached hydrogen (secondary N) is 1. The molecule has 7 heteroatoms. The van der Waals surface area contributed by atoms with Crippen LogP contribution < -0.4 is 5.32 Å². The van der Waals surface area contributed by atoms with Gasteiger partial charge in [-0.25, -0.2) is 4.79 Å². The molecule has 1 aliphatic heterocycles. The van der Waals surface area contributed by atoms with Crippen molar-refractivity contribution in [3.63, 3.8) is 0 Å². The summed E-state index contributed by atoms with van der Waals surface area (Å²) in [7, 11) is 0. The van der Waals surface area contributed by atoms with Gasteiger partial charge in [0.15, 0.2) is 6.61 Å². The van der Waals surface area contributed by atoms with Crippen molar-refractivity contribution in [2.24, 2.45) is 11.8 Å². The maximum atomic E-state index is 12.6. The Labute approximate surface area is 164 Å². The zero-order chi connectivity index (χ0) is 20.4. The Hall–Kier alpha value is -2.70. The Kier molecular flexibility index (Phi) is 5.82. The van der Waals surface area contributed by atoms with E-state index in [4.69, 9.17) is 4.74 Å². The number of likely N-dealkylation sites (tertiary alicyclic amines) is 1. The molecule has 0 spiro atoms. The van der Waals surface area contributed by atoms with Crippen LogP contribution in [0.2, 0.25) is 0 Å². The minimum absolute atomic E-state index is 0.293. The summed E-state index contributed by atoms with van der Waals surface area (Å²) in [6.45, 7) is 4.78. The number of benzene rings is 1. The van der Waals surface area contributed by atoms with E-state index in [9.17, 15) is 19.2 Å². The summed E-state index contributed by atoms with van der Waals surface area (Å²) in [6.07, 6.45) is 3.22. The predicted molar refractivity (Wildman–Crippen MR) is 102 cm³/mol. The van der Waals surface area contributed by atoms with Crippen molar-refractivity contribution in [2.45, 2.75) is 52.5 Å². The van der Waals surface area contributed by atoms with Crippen LogP contribution in [0.25, 0.3) is 0 Å². The van der Waals surface area contributed by atoms with Gasteiger partial charge < -0.3 is 10.1 Å². The third-order valence-electron chi connectivity index (χ3n) is 5.62. The first-order chi connectivity index (χ1) is 13.3. The molecule has 0 radical (unpaired) electrons. The van der Waals surface area contributed by atoms with Crippen LogP contribution in [0.3, 0.4) is 0 Å². The average molecular weight is 386 g/mol. The Morgan fingerprint density at radius 3 is 2.36 bits per heavy atom. The number of hydrogen-bond donors (Lipinski definition) is 1. The lowest BCUT2D eigenvalue weighted by atomic mass is 9.81. The lowest BCUT2D eigenvalue weighted by molar-refractivity contribution is -0.159. The van der Waals surface area contributed by atoms with E-state index in [1.807, 2.05) is 32.0 Å². The minimum atomic E-state index is -1.03. The second-order valence-corrected chi connectivity index (χ2v) is 7.69. The van der Waals surface area contributed by atoms with Gasteiger partial charge in [-0.15, -0.1) is 0 Å². The van der Waals surface area contributed by atoms with Gasteiger partial charge in [0.05, 0.1) is 11.8 Å². The maximum absolute atomic E-state index is 12.6. The van der Waals surface area contributed by atoms with E-state index >= 15 is 0 Å². The molecule has 1 saturated carbocycles. The Balaban J connectivity index is 1.57. The van der Waals surface area contributed by atoms with Crippen molar-refractivity contribution in [1.82, 2.24) is 4.90 Å². The number of rotatable bonds is 5. The molecular weight excluding hydrogens is 360 g/mol. The highest BCUT2D eigenvalue weighted by Crippen LogP contribution is 2.38. The molecule has 28 heavy (non-hydrogen) atoms. The van der Waals surface area contributed by atoms with Crippen molar-refractivity contribution in [1.29, 1.82) is 0 Å². The monoisotopic (exact) mass is 386 g/mol. The standard InChI is InChI=1S/C21H26N2O5/c1-12-8-9-13(2)17(10-12)22-18(24)11-28-21(27)14(3)23-19(25)15-6-4-5-7-16(15)20(23)26/h8-10,14-16H,4-7,11H2,1-3H3,(H,22,24)/t14-,15-,16+/m0/s1. The molecule has 150 valence electrons. The number of imide groups is 1. The zero-order valence-corrected chi connectivity index (χ0v) is 16.5. The zero-order valence-electron chi connectivity index (χ0n) is 16.5. The number of fused-ring (bicyclic) bond motifs is 1. The second kappa shape index (κ2) is 8.12. The van der Waals surface area contributed by atoms with E-state index in [1.54, 1.807) is 0 Å². The molecule has 1 aromatic carbocycles. The van der Waals surface area contributed by atoms with Crippen LogP contribution in [0.1, 0.15) is 43.7 Å². The fourth-order valence-electron chi connectivity index (χ4n) is 3.99. The van der Waals surface area contributed by atoms with Gasteiger partial charge in [-0.2, -0.15) is 0 Å². The summed E-state index contributed by atoms with van der Waals surface area (Å²) >= 11 is 0. The highest BCUT2D eigenvalue weighted by Gasteiger charge is 2.51. The van der Waals surface area contributed by atoms with E-state index in [0.29, 0.717) is 18.5 Å². The molecule has 1 aliphatic carbocycles. The molecule has 1 N–H and O–H groups in total. The molecule has 3 atom stereocenters. The number of carbonyl (C=O) groups excluding carboxylic acids is 4. The van der Waals surface area contributed by atoms with Crippen molar-refractivity contribution in [2.75, 3.05) is 11.9 Å². The van der Waals surface area contributed by atoms with Crippen molar-refractivity contribution < 1.29 is 23.9 Å². The lowest BCUT2D eigenvalue weighted by Gasteiger charge is -2.21. The van der Waals surface area contributed by atoms with Crippen LogP contribution >= 0.6 is 0 Å². The van der Waals surface area contributed by atoms with Crippen LogP contribution in [0.4, 0.5) is 5.69 Å². The van der Waals surface area contributed by atoms with Gasteiger partial charge in [-0.05, 0) is 50.8 Å². The SMILES string of the molecule is Cc1ccc(C)c(NC(=O)COC(=O)[C@H](C)N2C(=O)[C@H]3CCCC[C@H]3C2=O)c1. The quantitative estimate of drug-likeness (QED) is 0.619. The van der Waals surface area contributed by atoms with Crippen LogP contribution in [-0.4, -0.2) is 41.2 Å². The molecule has 3 rings (SSSR count). The van der Waals surface area contributed by atoms with Gasteiger partial charge >= 0.3 is 5.97 Å². The molecule has 1 aromatic rings. The van der Waals surface area contributed by atoms with Crippen LogP contribution in [0, 0.1) is 25.7 Å². The largest absolute Gasteiger partial charge is 0.454 e. The molecule has 3 amide bonds. The Bertz CT molecular complexity index is 795. The van der Waals surface area contributed by atoms with Gasteiger partial charge in [0.1, 0.15) is 6.04 Å². The molecular formula is C21H26N2O5. The summed E-state index contributed by atoms with van der Waals surface area (Å²) in [4.78, 5) is 50.6. The first-order valence-electron chi connectivity index (χ1n) is 9.70. The van der Waals surface area contributed by atoms with Crippen LogP contribution in [0.5, 0.6) is 0 Å². The normalized spacial score (nSPS) is 22.6. The van der Waals surface area contributed by atoms with E-state index in [1.165, 1.54) is 6.92 Å². The number of carbonyl (C=O) groups is 4. The van der Waals surface area contributed by atoms with Gasteiger partial charge in [-0.3, -0.25) is 19.3 Å². The fraction of sp³-hybridized carbons (Fsp3) is 0.524. The molecule has 2 aliphatic rings. The summed E-state index contributed by atoms with van der Waals surface area (Å²) in [5.74, 6) is -2.44. The lowest BCUT2D eigenvalue weighted by Crippen LogP contribution is -2.45. The highest BCUT2D eigenvalue weighted by atomic mass is 16.5. The Morgan fingerprint density at radius 1 is 1.14 bits per heavy atom. The summed E-state index contributed by atoms with van der Waals surface area (Å²) in [5.41, 5.74) is 2.55. The minimum Gasteiger partial charge on any atom is -0.454 e. The fourth-order valence-corrected chi connectivity index (χ4v) is 3.99. The highest BCUT2D eigenvalue weighted by molar-refractivity contribution is 6.08. The van der Waals surface area contributed by atoms with Gasteiger partial charge in [0.2, 0.25) is 11.8 Å².